The van der Waals surface area contributed by atoms with Gasteiger partial charge >= 0.3 is 0 Å². The Bertz CT molecular complexity index is 466. The predicted octanol–water partition coefficient (Wildman–Crippen LogP) is 1.93. The van der Waals surface area contributed by atoms with Crippen molar-refractivity contribution < 1.29 is 9.18 Å². The first-order valence-corrected chi connectivity index (χ1v) is 6.94. The third kappa shape index (κ3) is 2.37. The molecule has 1 amide bonds. The fourth-order valence-electron chi connectivity index (χ4n) is 3.22. The van der Waals surface area contributed by atoms with E-state index in [1.807, 2.05) is 4.90 Å². The zero-order valence-corrected chi connectivity index (χ0v) is 11.0. The minimum atomic E-state index is -0.230. The molecule has 102 valence electrons. The van der Waals surface area contributed by atoms with Crippen LogP contribution in [-0.2, 0) is 11.3 Å². The molecule has 0 radical (unpaired) electrons. The molecule has 2 saturated heterocycles. The van der Waals surface area contributed by atoms with E-state index in [0.29, 0.717) is 12.5 Å². The van der Waals surface area contributed by atoms with E-state index in [9.17, 15) is 9.18 Å². The summed E-state index contributed by atoms with van der Waals surface area (Å²) in [5.74, 6) is 0.0599. The lowest BCUT2D eigenvalue weighted by molar-refractivity contribution is -0.137. The first kappa shape index (κ1) is 12.6. The highest BCUT2D eigenvalue weighted by Gasteiger charge is 2.46. The van der Waals surface area contributed by atoms with Gasteiger partial charge in [0.15, 0.2) is 0 Å². The van der Waals surface area contributed by atoms with Crippen molar-refractivity contribution in [3.05, 3.63) is 35.6 Å². The van der Waals surface area contributed by atoms with Crippen molar-refractivity contribution in [2.75, 3.05) is 19.6 Å². The van der Waals surface area contributed by atoms with E-state index in [1.54, 1.807) is 12.1 Å². The number of nitrogens with one attached hydrogen (secondary N) is 1. The normalized spacial score (nSPS) is 22.2. The number of piperidine rings is 1. The van der Waals surface area contributed by atoms with Crippen LogP contribution in [0.1, 0.15) is 24.8 Å². The average molecular weight is 262 g/mol. The smallest absolute Gasteiger partial charge is 0.229 e. The number of amides is 1. The molecule has 0 saturated carbocycles. The molecule has 1 aromatic carbocycles. The molecular formula is C15H19FN2O. The third-order valence-corrected chi connectivity index (χ3v) is 4.45. The molecule has 2 heterocycles. The molecule has 0 unspecified atom stereocenters. The van der Waals surface area contributed by atoms with Gasteiger partial charge in [-0.3, -0.25) is 4.79 Å². The Morgan fingerprint density at radius 3 is 2.53 bits per heavy atom. The fraction of sp³-hybridized carbons (Fsp3) is 0.533. The summed E-state index contributed by atoms with van der Waals surface area (Å²) in [6.07, 6.45) is 2.87. The zero-order valence-electron chi connectivity index (χ0n) is 11.0. The molecular weight excluding hydrogens is 243 g/mol. The number of nitrogens with zero attached hydrogens (tertiary/aromatic N) is 1. The second kappa shape index (κ2) is 4.93. The number of hydrogen-bond donors (Lipinski definition) is 1. The molecule has 4 heteroatoms. The number of likely N-dealkylation sites (tertiary alicyclic amines) is 1. The lowest BCUT2D eigenvalue weighted by atomic mass is 9.78. The maximum atomic E-state index is 12.9. The predicted molar refractivity (Wildman–Crippen MR) is 71.0 cm³/mol. The Morgan fingerprint density at radius 1 is 1.16 bits per heavy atom. The SMILES string of the molecule is O=C1N(Cc2ccc(F)cc2)CCC12CCNCC2. The van der Waals surface area contributed by atoms with E-state index >= 15 is 0 Å². The Kier molecular flexibility index (Phi) is 3.27. The highest BCUT2D eigenvalue weighted by atomic mass is 19.1. The Balaban J connectivity index is 1.70. The Hall–Kier alpha value is -1.42. The molecule has 2 fully saturated rings. The summed E-state index contributed by atoms with van der Waals surface area (Å²) in [5, 5.41) is 3.31. The molecule has 1 N–H and O–H groups in total. The van der Waals surface area contributed by atoms with E-state index < -0.39 is 0 Å². The first-order valence-electron chi connectivity index (χ1n) is 6.94. The number of carbonyl (C=O) groups is 1. The van der Waals surface area contributed by atoms with Gasteiger partial charge in [-0.2, -0.15) is 0 Å². The summed E-state index contributed by atoms with van der Waals surface area (Å²) in [4.78, 5) is 14.5. The number of halogens is 1. The van der Waals surface area contributed by atoms with Crippen LogP contribution in [0.5, 0.6) is 0 Å². The molecule has 0 bridgehead atoms. The molecule has 1 spiro atoms. The van der Waals surface area contributed by atoms with E-state index in [0.717, 1.165) is 44.5 Å². The molecule has 2 aliphatic rings. The molecule has 1 aromatic rings. The van der Waals surface area contributed by atoms with Crippen molar-refractivity contribution in [3.63, 3.8) is 0 Å². The maximum Gasteiger partial charge on any atom is 0.229 e. The van der Waals surface area contributed by atoms with E-state index in [1.165, 1.54) is 12.1 Å². The van der Waals surface area contributed by atoms with Gasteiger partial charge in [-0.15, -0.1) is 0 Å². The third-order valence-electron chi connectivity index (χ3n) is 4.45. The molecule has 3 rings (SSSR count). The van der Waals surface area contributed by atoms with Gasteiger partial charge < -0.3 is 10.2 Å². The molecule has 0 aliphatic carbocycles. The quantitative estimate of drug-likeness (QED) is 0.883. The highest BCUT2D eigenvalue weighted by Crippen LogP contribution is 2.40. The van der Waals surface area contributed by atoms with E-state index in [2.05, 4.69) is 5.32 Å². The topological polar surface area (TPSA) is 32.3 Å². The number of benzene rings is 1. The Morgan fingerprint density at radius 2 is 1.84 bits per heavy atom. The molecule has 19 heavy (non-hydrogen) atoms. The van der Waals surface area contributed by atoms with Crippen molar-refractivity contribution in [3.8, 4) is 0 Å². The van der Waals surface area contributed by atoms with Crippen molar-refractivity contribution in [1.82, 2.24) is 10.2 Å². The van der Waals surface area contributed by atoms with Crippen LogP contribution in [0.3, 0.4) is 0 Å². The summed E-state index contributed by atoms with van der Waals surface area (Å²) >= 11 is 0. The number of carbonyl (C=O) groups excluding carboxylic acids is 1. The van der Waals surface area contributed by atoms with Crippen LogP contribution >= 0.6 is 0 Å². The van der Waals surface area contributed by atoms with Crippen molar-refractivity contribution >= 4 is 5.91 Å². The van der Waals surface area contributed by atoms with Crippen LogP contribution < -0.4 is 5.32 Å². The minimum absolute atomic E-state index is 0.120. The highest BCUT2D eigenvalue weighted by molar-refractivity contribution is 5.85. The van der Waals surface area contributed by atoms with Crippen LogP contribution in [0, 0.1) is 11.2 Å². The van der Waals surface area contributed by atoms with Gasteiger partial charge in [0, 0.05) is 13.1 Å². The largest absolute Gasteiger partial charge is 0.338 e. The van der Waals surface area contributed by atoms with Gasteiger partial charge in [-0.05, 0) is 50.0 Å². The number of hydrogen-bond acceptors (Lipinski definition) is 2. The maximum absolute atomic E-state index is 12.9. The van der Waals surface area contributed by atoms with Crippen LogP contribution in [0.4, 0.5) is 4.39 Å². The van der Waals surface area contributed by atoms with Crippen LogP contribution in [-0.4, -0.2) is 30.4 Å². The molecule has 0 atom stereocenters. The van der Waals surface area contributed by atoms with Gasteiger partial charge in [0.2, 0.25) is 5.91 Å². The second-order valence-corrected chi connectivity index (χ2v) is 5.63. The minimum Gasteiger partial charge on any atom is -0.338 e. The van der Waals surface area contributed by atoms with Crippen LogP contribution in [0.25, 0.3) is 0 Å². The van der Waals surface area contributed by atoms with E-state index in [4.69, 9.17) is 0 Å². The number of rotatable bonds is 2. The van der Waals surface area contributed by atoms with Crippen molar-refractivity contribution in [2.45, 2.75) is 25.8 Å². The standard InChI is InChI=1S/C15H19FN2O/c16-13-3-1-12(2-4-13)11-18-10-7-15(14(18)19)5-8-17-9-6-15/h1-4,17H,5-11H2. The summed E-state index contributed by atoms with van der Waals surface area (Å²) in [6, 6.07) is 6.43. The first-order chi connectivity index (χ1) is 9.20. The summed E-state index contributed by atoms with van der Waals surface area (Å²) in [5.41, 5.74) is 0.881. The zero-order chi connectivity index (χ0) is 13.3. The van der Waals surface area contributed by atoms with Gasteiger partial charge in [0.25, 0.3) is 0 Å². The van der Waals surface area contributed by atoms with Gasteiger partial charge in [0.05, 0.1) is 5.41 Å². The molecule has 0 aromatic heterocycles. The second-order valence-electron chi connectivity index (χ2n) is 5.63. The lowest BCUT2D eigenvalue weighted by Gasteiger charge is -2.32. The lowest BCUT2D eigenvalue weighted by Crippen LogP contribution is -2.42. The van der Waals surface area contributed by atoms with Crippen LogP contribution in [0.2, 0.25) is 0 Å². The van der Waals surface area contributed by atoms with Crippen molar-refractivity contribution in [2.24, 2.45) is 5.41 Å². The molecule has 2 aliphatic heterocycles. The van der Waals surface area contributed by atoms with Gasteiger partial charge in [-0.25, -0.2) is 4.39 Å². The fourth-order valence-corrected chi connectivity index (χ4v) is 3.22. The summed E-state index contributed by atoms with van der Waals surface area (Å²) in [7, 11) is 0. The summed E-state index contributed by atoms with van der Waals surface area (Å²) < 4.78 is 12.9. The van der Waals surface area contributed by atoms with E-state index in [-0.39, 0.29) is 11.2 Å². The van der Waals surface area contributed by atoms with Crippen LogP contribution in [0.15, 0.2) is 24.3 Å². The molecule has 3 nitrogen and oxygen atoms in total. The van der Waals surface area contributed by atoms with Gasteiger partial charge in [-0.1, -0.05) is 12.1 Å². The summed E-state index contributed by atoms with van der Waals surface area (Å²) in [6.45, 7) is 3.32. The monoisotopic (exact) mass is 262 g/mol. The average Bonchev–Trinajstić information content (AvgIpc) is 2.72. The Labute approximate surface area is 112 Å². The van der Waals surface area contributed by atoms with Crippen molar-refractivity contribution in [1.29, 1.82) is 0 Å². The van der Waals surface area contributed by atoms with Gasteiger partial charge in [0.1, 0.15) is 5.82 Å².